The van der Waals surface area contributed by atoms with Crippen molar-refractivity contribution in [2.75, 3.05) is 27.7 Å². The van der Waals surface area contributed by atoms with Crippen LogP contribution in [0.4, 0.5) is 8.78 Å². The van der Waals surface area contributed by atoms with E-state index in [1.54, 1.807) is 7.05 Å². The van der Waals surface area contributed by atoms with Gasteiger partial charge in [0.25, 0.3) is 5.91 Å². The first-order valence-corrected chi connectivity index (χ1v) is 6.60. The highest BCUT2D eigenvalue weighted by Crippen LogP contribution is 2.36. The van der Waals surface area contributed by atoms with Crippen LogP contribution in [0.2, 0.25) is 0 Å². The number of carbonyl (C=O) groups is 1. The van der Waals surface area contributed by atoms with Gasteiger partial charge >= 0.3 is 0 Å². The molecule has 110 valence electrons. The minimum Gasteiger partial charge on any atom is -0.340 e. The molecule has 0 radical (unpaired) electrons. The van der Waals surface area contributed by atoms with Crippen LogP contribution >= 0.6 is 0 Å². The molecule has 0 bridgehead atoms. The van der Waals surface area contributed by atoms with Gasteiger partial charge in [-0.15, -0.1) is 0 Å². The Morgan fingerprint density at radius 1 is 1.35 bits per heavy atom. The third kappa shape index (κ3) is 2.52. The number of likely N-dealkylation sites (N-methyl/N-ethyl adjacent to an activating group) is 2. The quantitative estimate of drug-likeness (QED) is 0.792. The Labute approximate surface area is 117 Å². The average molecular weight is 283 g/mol. The van der Waals surface area contributed by atoms with Gasteiger partial charge in [-0.1, -0.05) is 0 Å². The monoisotopic (exact) mass is 283 g/mol. The van der Waals surface area contributed by atoms with Crippen LogP contribution in [0.1, 0.15) is 29.6 Å². The molecule has 1 amide bonds. The molecule has 0 aromatic carbocycles. The number of amides is 1. The van der Waals surface area contributed by atoms with Crippen LogP contribution in [0.5, 0.6) is 0 Å². The van der Waals surface area contributed by atoms with Crippen molar-refractivity contribution in [2.45, 2.75) is 24.8 Å². The van der Waals surface area contributed by atoms with Crippen molar-refractivity contribution >= 4 is 5.91 Å². The molecule has 1 fully saturated rings. The minimum atomic E-state index is -1.24. The van der Waals surface area contributed by atoms with E-state index in [-0.39, 0.29) is 11.1 Å². The topological polar surface area (TPSA) is 36.4 Å². The van der Waals surface area contributed by atoms with Gasteiger partial charge in [-0.3, -0.25) is 4.79 Å². The summed E-state index contributed by atoms with van der Waals surface area (Å²) in [6, 6.07) is 1.21. The summed E-state index contributed by atoms with van der Waals surface area (Å²) in [5, 5.41) is 0. The molecule has 0 atom stereocenters. The van der Waals surface area contributed by atoms with E-state index in [1.165, 1.54) is 11.0 Å². The zero-order valence-electron chi connectivity index (χ0n) is 12.0. The average Bonchev–Trinajstić information content (AvgIpc) is 2.35. The van der Waals surface area contributed by atoms with Crippen molar-refractivity contribution in [3.05, 3.63) is 29.6 Å². The van der Waals surface area contributed by atoms with Gasteiger partial charge < -0.3 is 9.80 Å². The van der Waals surface area contributed by atoms with Crippen LogP contribution in [0.25, 0.3) is 0 Å². The third-order valence-electron chi connectivity index (χ3n) is 4.19. The van der Waals surface area contributed by atoms with E-state index in [4.69, 9.17) is 0 Å². The summed E-state index contributed by atoms with van der Waals surface area (Å²) in [4.78, 5) is 19.0. The highest BCUT2D eigenvalue weighted by Gasteiger charge is 2.41. The largest absolute Gasteiger partial charge is 0.340 e. The van der Waals surface area contributed by atoms with Crippen LogP contribution in [0, 0.1) is 11.8 Å². The fraction of sp³-hybridized carbons (Fsp3) is 0.571. The maximum Gasteiger partial charge on any atom is 0.256 e. The lowest BCUT2D eigenvalue weighted by Gasteiger charge is -2.49. The molecule has 1 aromatic rings. The van der Waals surface area contributed by atoms with Gasteiger partial charge in [-0.05, 0) is 39.4 Å². The van der Waals surface area contributed by atoms with Gasteiger partial charge in [0.05, 0.1) is 5.56 Å². The molecule has 1 heterocycles. The van der Waals surface area contributed by atoms with Crippen LogP contribution < -0.4 is 0 Å². The van der Waals surface area contributed by atoms with Crippen molar-refractivity contribution in [2.24, 2.45) is 0 Å². The summed E-state index contributed by atoms with van der Waals surface area (Å²) in [7, 11) is 5.57. The molecular weight excluding hydrogens is 264 g/mol. The maximum absolute atomic E-state index is 13.6. The third-order valence-corrected chi connectivity index (χ3v) is 4.19. The molecule has 1 aliphatic rings. The molecule has 2 rings (SSSR count). The summed E-state index contributed by atoms with van der Waals surface area (Å²) in [5.41, 5.74) is -0.319. The maximum atomic E-state index is 13.6. The highest BCUT2D eigenvalue weighted by atomic mass is 19.2. The molecule has 6 heteroatoms. The van der Waals surface area contributed by atoms with Gasteiger partial charge in [0, 0.05) is 25.3 Å². The smallest absolute Gasteiger partial charge is 0.256 e. The number of nitrogens with zero attached hydrogens (tertiary/aromatic N) is 3. The predicted octanol–water partition coefficient (Wildman–Crippen LogP) is 1.92. The minimum absolute atomic E-state index is 0.0491. The lowest BCUT2D eigenvalue weighted by atomic mass is 9.75. The first-order valence-electron chi connectivity index (χ1n) is 6.60. The summed E-state index contributed by atoms with van der Waals surface area (Å²) < 4.78 is 26.7. The number of hydrogen-bond donors (Lipinski definition) is 0. The van der Waals surface area contributed by atoms with E-state index in [0.717, 1.165) is 25.5 Å². The molecule has 1 aromatic heterocycles. The Hall–Kier alpha value is -1.56. The molecule has 0 aliphatic heterocycles. The summed E-state index contributed by atoms with van der Waals surface area (Å²) in [6.07, 6.45) is 4.23. The molecule has 0 N–H and O–H groups in total. The van der Waals surface area contributed by atoms with E-state index < -0.39 is 17.7 Å². The Kier molecular flexibility index (Phi) is 4.04. The molecule has 0 spiro atoms. The van der Waals surface area contributed by atoms with Gasteiger partial charge in [-0.2, -0.15) is 4.39 Å². The fourth-order valence-electron chi connectivity index (χ4n) is 2.63. The zero-order chi connectivity index (χ0) is 14.9. The molecule has 1 aliphatic carbocycles. The number of rotatable bonds is 4. The van der Waals surface area contributed by atoms with Crippen molar-refractivity contribution in [1.82, 2.24) is 14.8 Å². The van der Waals surface area contributed by atoms with E-state index in [1.807, 2.05) is 14.1 Å². The number of pyridine rings is 1. The summed E-state index contributed by atoms with van der Waals surface area (Å²) >= 11 is 0. The molecule has 20 heavy (non-hydrogen) atoms. The SMILES string of the molecule is CN(CC1(N(C)C)CCC1)C(=O)c1ccnc(F)c1F. The van der Waals surface area contributed by atoms with Crippen LogP contribution in [-0.4, -0.2) is 53.9 Å². The molecule has 4 nitrogen and oxygen atoms in total. The Bertz CT molecular complexity index is 515. The van der Waals surface area contributed by atoms with E-state index in [9.17, 15) is 13.6 Å². The van der Waals surface area contributed by atoms with Crippen molar-refractivity contribution < 1.29 is 13.6 Å². The van der Waals surface area contributed by atoms with E-state index in [0.29, 0.717) is 6.54 Å². The van der Waals surface area contributed by atoms with E-state index in [2.05, 4.69) is 9.88 Å². The first kappa shape index (κ1) is 14.8. The Morgan fingerprint density at radius 2 is 2.00 bits per heavy atom. The Balaban J connectivity index is 2.15. The summed E-state index contributed by atoms with van der Waals surface area (Å²) in [5.74, 6) is -2.94. The van der Waals surface area contributed by atoms with Crippen molar-refractivity contribution in [3.8, 4) is 0 Å². The van der Waals surface area contributed by atoms with Crippen LogP contribution in [-0.2, 0) is 0 Å². The number of halogens is 2. The van der Waals surface area contributed by atoms with Gasteiger partial charge in [0.1, 0.15) is 0 Å². The second-order valence-electron chi connectivity index (χ2n) is 5.60. The van der Waals surface area contributed by atoms with Gasteiger partial charge in [0.2, 0.25) is 5.95 Å². The van der Waals surface area contributed by atoms with E-state index >= 15 is 0 Å². The van der Waals surface area contributed by atoms with Gasteiger partial charge in [0.15, 0.2) is 5.82 Å². The van der Waals surface area contributed by atoms with Crippen LogP contribution in [0.3, 0.4) is 0 Å². The molecule has 0 unspecified atom stereocenters. The lowest BCUT2D eigenvalue weighted by molar-refractivity contribution is 0.0250. The van der Waals surface area contributed by atoms with Crippen molar-refractivity contribution in [3.63, 3.8) is 0 Å². The standard InChI is InChI=1S/C14H19F2N3O/c1-18(2)14(6-4-7-14)9-19(3)13(20)10-5-8-17-12(16)11(10)15/h5,8H,4,6-7,9H2,1-3H3. The predicted molar refractivity (Wildman–Crippen MR) is 71.4 cm³/mol. The molecule has 1 saturated carbocycles. The number of aromatic nitrogens is 1. The fourth-order valence-corrected chi connectivity index (χ4v) is 2.63. The lowest BCUT2D eigenvalue weighted by Crippen LogP contribution is -2.57. The second-order valence-corrected chi connectivity index (χ2v) is 5.60. The van der Waals surface area contributed by atoms with Crippen molar-refractivity contribution in [1.29, 1.82) is 0 Å². The van der Waals surface area contributed by atoms with Gasteiger partial charge in [-0.25, -0.2) is 9.37 Å². The van der Waals surface area contributed by atoms with Crippen LogP contribution in [0.15, 0.2) is 12.3 Å². The number of hydrogen-bond acceptors (Lipinski definition) is 3. The first-order chi connectivity index (χ1) is 9.37. The molecule has 0 saturated heterocycles. The Morgan fingerprint density at radius 3 is 2.50 bits per heavy atom. The second kappa shape index (κ2) is 5.44. The zero-order valence-corrected chi connectivity index (χ0v) is 12.0. The number of carbonyl (C=O) groups excluding carboxylic acids is 1. The summed E-state index contributed by atoms with van der Waals surface area (Å²) in [6.45, 7) is 0.502. The highest BCUT2D eigenvalue weighted by molar-refractivity contribution is 5.94. The molecular formula is C14H19F2N3O. The normalized spacial score (nSPS) is 16.9.